The fourth-order valence-corrected chi connectivity index (χ4v) is 2.29. The van der Waals surface area contributed by atoms with Crippen molar-refractivity contribution >= 4 is 23.2 Å². The summed E-state index contributed by atoms with van der Waals surface area (Å²) in [5, 5.41) is 11.8. The van der Waals surface area contributed by atoms with Crippen LogP contribution in [-0.2, 0) is 0 Å². The Labute approximate surface area is 102 Å². The van der Waals surface area contributed by atoms with Gasteiger partial charge in [-0.3, -0.25) is 15.5 Å². The minimum atomic E-state index is -0.713. The topological polar surface area (TPSA) is 67.2 Å². The van der Waals surface area contributed by atoms with E-state index in [-0.39, 0.29) is 11.5 Å². The molecule has 2 rings (SSSR count). The summed E-state index contributed by atoms with van der Waals surface area (Å²) in [7, 11) is 0. The number of nitrogens with one attached hydrogen (secondary N) is 2. The van der Waals surface area contributed by atoms with Gasteiger partial charge in [-0.05, 0) is 23.8 Å². The van der Waals surface area contributed by atoms with Crippen molar-refractivity contribution in [3.63, 3.8) is 0 Å². The molecule has 2 unspecified atom stereocenters. The Morgan fingerprint density at radius 1 is 1.31 bits per heavy atom. The van der Waals surface area contributed by atoms with Gasteiger partial charge >= 0.3 is 0 Å². The number of nitro groups is 1. The molecular weight excluding hydrogens is 253 g/mol. The van der Waals surface area contributed by atoms with Gasteiger partial charge in [-0.25, -0.2) is 5.43 Å². The summed E-state index contributed by atoms with van der Waals surface area (Å²) in [6.07, 6.45) is 0. The van der Waals surface area contributed by atoms with Crippen LogP contribution < -0.4 is 10.9 Å². The fraction of sp³-hybridized carbons (Fsp3) is 0.333. The Hall–Kier alpha value is -0.880. The van der Waals surface area contributed by atoms with E-state index in [1.165, 1.54) is 0 Å². The van der Waals surface area contributed by atoms with E-state index >= 15 is 0 Å². The van der Waals surface area contributed by atoms with Gasteiger partial charge in [-0.15, -0.1) is 0 Å². The largest absolute Gasteiger partial charge is 0.264 e. The molecule has 0 aliphatic carbocycles. The molecule has 1 saturated heterocycles. The summed E-state index contributed by atoms with van der Waals surface area (Å²) < 4.78 is 0. The Kier molecular flexibility index (Phi) is 3.30. The van der Waals surface area contributed by atoms with Gasteiger partial charge in [-0.1, -0.05) is 23.2 Å². The molecule has 1 aliphatic rings. The lowest BCUT2D eigenvalue weighted by Gasteiger charge is -2.13. The Balaban J connectivity index is 2.32. The normalized spacial score (nSPS) is 24.6. The molecule has 5 nitrogen and oxygen atoms in total. The maximum absolute atomic E-state index is 10.8. The third-order valence-corrected chi connectivity index (χ3v) is 2.90. The smallest absolute Gasteiger partial charge is 0.247 e. The summed E-state index contributed by atoms with van der Waals surface area (Å²) in [6, 6.07) is 3.82. The van der Waals surface area contributed by atoms with Crippen molar-refractivity contribution in [1.29, 1.82) is 0 Å². The quantitative estimate of drug-likeness (QED) is 0.629. The van der Waals surface area contributed by atoms with E-state index in [0.717, 1.165) is 0 Å². The van der Waals surface area contributed by atoms with Gasteiger partial charge in [0, 0.05) is 15.0 Å². The molecule has 0 bridgehead atoms. The lowest BCUT2D eigenvalue weighted by Crippen LogP contribution is -2.29. The third-order valence-electron chi connectivity index (χ3n) is 2.47. The van der Waals surface area contributed by atoms with Crippen LogP contribution in [-0.4, -0.2) is 17.5 Å². The third kappa shape index (κ3) is 2.27. The lowest BCUT2D eigenvalue weighted by molar-refractivity contribution is -0.520. The molecule has 0 amide bonds. The summed E-state index contributed by atoms with van der Waals surface area (Å²) in [6.45, 7) is 0.280. The first-order valence-corrected chi connectivity index (χ1v) is 5.41. The fourth-order valence-electron chi connectivity index (χ4n) is 1.74. The molecule has 1 heterocycles. The molecule has 2 atom stereocenters. The van der Waals surface area contributed by atoms with Crippen molar-refractivity contribution in [3.05, 3.63) is 43.9 Å². The number of hydrogen-bond donors (Lipinski definition) is 2. The molecule has 16 heavy (non-hydrogen) atoms. The average Bonchev–Trinajstić information content (AvgIpc) is 2.63. The van der Waals surface area contributed by atoms with E-state index < -0.39 is 12.1 Å². The van der Waals surface area contributed by atoms with E-state index in [0.29, 0.717) is 15.6 Å². The Bertz CT molecular complexity index is 407. The maximum Gasteiger partial charge on any atom is 0.247 e. The Morgan fingerprint density at radius 3 is 2.50 bits per heavy atom. The summed E-state index contributed by atoms with van der Waals surface area (Å²) in [4.78, 5) is 10.5. The molecule has 0 saturated carbocycles. The van der Waals surface area contributed by atoms with Gasteiger partial charge in [0.05, 0.1) is 6.54 Å². The molecule has 1 aromatic carbocycles. The van der Waals surface area contributed by atoms with Crippen LogP contribution in [0.25, 0.3) is 0 Å². The number of benzene rings is 1. The summed E-state index contributed by atoms with van der Waals surface area (Å²) in [5.41, 5.74) is 6.33. The Morgan fingerprint density at radius 2 is 1.94 bits per heavy atom. The zero-order valence-electron chi connectivity index (χ0n) is 8.11. The zero-order chi connectivity index (χ0) is 11.7. The van der Waals surface area contributed by atoms with Gasteiger partial charge in [-0.2, -0.15) is 0 Å². The molecule has 1 aliphatic heterocycles. The standard InChI is InChI=1S/C9H9Cl2N3O2/c10-6-1-5(2-7(11)3-6)9-8(14(15)16)4-12-13-9/h1-3,8-9,12-13H,4H2. The molecule has 1 aromatic rings. The van der Waals surface area contributed by atoms with E-state index in [2.05, 4.69) is 10.9 Å². The number of hydrazine groups is 1. The van der Waals surface area contributed by atoms with E-state index in [1.807, 2.05) is 0 Å². The minimum Gasteiger partial charge on any atom is -0.264 e. The van der Waals surface area contributed by atoms with E-state index in [9.17, 15) is 10.1 Å². The monoisotopic (exact) mass is 261 g/mol. The zero-order valence-corrected chi connectivity index (χ0v) is 9.63. The van der Waals surface area contributed by atoms with Crippen LogP contribution in [0.4, 0.5) is 0 Å². The van der Waals surface area contributed by atoms with E-state index in [1.54, 1.807) is 18.2 Å². The van der Waals surface area contributed by atoms with Crippen LogP contribution in [0.2, 0.25) is 10.0 Å². The number of nitrogens with zero attached hydrogens (tertiary/aromatic N) is 1. The second kappa shape index (κ2) is 4.55. The lowest BCUT2D eigenvalue weighted by atomic mass is 10.0. The van der Waals surface area contributed by atoms with Crippen LogP contribution in [0.1, 0.15) is 11.6 Å². The SMILES string of the molecule is O=[N+]([O-])C1CNNC1c1cc(Cl)cc(Cl)c1. The molecule has 86 valence electrons. The van der Waals surface area contributed by atoms with Crippen LogP contribution in [0, 0.1) is 10.1 Å². The molecule has 2 N–H and O–H groups in total. The van der Waals surface area contributed by atoms with Gasteiger partial charge in [0.2, 0.25) is 6.04 Å². The highest BCUT2D eigenvalue weighted by Crippen LogP contribution is 2.27. The first kappa shape index (κ1) is 11.6. The van der Waals surface area contributed by atoms with Gasteiger partial charge < -0.3 is 0 Å². The molecular formula is C9H9Cl2N3O2. The molecule has 7 heteroatoms. The molecule has 0 spiro atoms. The predicted molar refractivity (Wildman–Crippen MR) is 61.1 cm³/mol. The first-order chi connectivity index (χ1) is 7.58. The highest BCUT2D eigenvalue weighted by molar-refractivity contribution is 6.34. The van der Waals surface area contributed by atoms with Crippen molar-refractivity contribution in [1.82, 2.24) is 10.9 Å². The molecule has 0 aromatic heterocycles. The van der Waals surface area contributed by atoms with Crippen molar-refractivity contribution in [2.45, 2.75) is 12.1 Å². The highest BCUT2D eigenvalue weighted by atomic mass is 35.5. The van der Waals surface area contributed by atoms with Crippen LogP contribution in [0.3, 0.4) is 0 Å². The second-order valence-corrected chi connectivity index (χ2v) is 4.43. The van der Waals surface area contributed by atoms with Crippen LogP contribution >= 0.6 is 23.2 Å². The highest BCUT2D eigenvalue weighted by Gasteiger charge is 2.37. The predicted octanol–water partition coefficient (Wildman–Crippen LogP) is 1.79. The van der Waals surface area contributed by atoms with Gasteiger partial charge in [0.1, 0.15) is 6.04 Å². The van der Waals surface area contributed by atoms with Crippen molar-refractivity contribution in [2.24, 2.45) is 0 Å². The average molecular weight is 262 g/mol. The number of rotatable bonds is 2. The first-order valence-electron chi connectivity index (χ1n) is 4.66. The van der Waals surface area contributed by atoms with Gasteiger partial charge in [0.15, 0.2) is 0 Å². The molecule has 0 radical (unpaired) electrons. The number of hydrogen-bond acceptors (Lipinski definition) is 4. The van der Waals surface area contributed by atoms with Crippen molar-refractivity contribution in [3.8, 4) is 0 Å². The van der Waals surface area contributed by atoms with Crippen LogP contribution in [0.5, 0.6) is 0 Å². The summed E-state index contributed by atoms with van der Waals surface area (Å²) in [5.74, 6) is 0. The number of halogens is 2. The summed E-state index contributed by atoms with van der Waals surface area (Å²) >= 11 is 11.7. The van der Waals surface area contributed by atoms with Crippen molar-refractivity contribution in [2.75, 3.05) is 6.54 Å². The maximum atomic E-state index is 10.8. The minimum absolute atomic E-state index is 0.280. The van der Waals surface area contributed by atoms with E-state index in [4.69, 9.17) is 23.2 Å². The van der Waals surface area contributed by atoms with Crippen molar-refractivity contribution < 1.29 is 4.92 Å². The van der Waals surface area contributed by atoms with Crippen LogP contribution in [0.15, 0.2) is 18.2 Å². The second-order valence-electron chi connectivity index (χ2n) is 3.56. The van der Waals surface area contributed by atoms with Gasteiger partial charge in [0.25, 0.3) is 0 Å². The molecule has 1 fully saturated rings.